The van der Waals surface area contributed by atoms with Crippen LogP contribution in [0.4, 0.5) is 0 Å². The Balaban J connectivity index is 0.830. The maximum atomic E-state index is 2.36. The zero-order valence-electron chi connectivity index (χ0n) is 42.6. The number of fused-ring (bicyclic) bond motifs is 4. The van der Waals surface area contributed by atoms with E-state index in [4.69, 9.17) is 0 Å². The molecule has 0 heterocycles. The van der Waals surface area contributed by atoms with Gasteiger partial charge in [-0.05, 0) is 174 Å². The van der Waals surface area contributed by atoms with Crippen molar-refractivity contribution in [2.45, 2.75) is 0 Å². The normalized spacial score (nSPS) is 12.1. The second kappa shape index (κ2) is 16.7. The summed E-state index contributed by atoms with van der Waals surface area (Å²) < 4.78 is 0. The molecule has 78 heavy (non-hydrogen) atoms. The molecule has 0 spiro atoms. The van der Waals surface area contributed by atoms with Crippen molar-refractivity contribution in [2.24, 2.45) is 0 Å². The lowest BCUT2D eigenvalue weighted by molar-refractivity contribution is 1.62. The Kier molecular flexibility index (Phi) is 9.22. The van der Waals surface area contributed by atoms with E-state index in [0.717, 1.165) is 0 Å². The third-order valence-corrected chi connectivity index (χ3v) is 17.4. The molecule has 17 aromatic carbocycles. The smallest absolute Gasteiger partial charge is 0.00201 e. The highest BCUT2D eigenvalue weighted by molar-refractivity contribution is 6.30. The summed E-state index contributed by atoms with van der Waals surface area (Å²) in [5, 5.41) is 25.6. The van der Waals surface area contributed by atoms with Gasteiger partial charge in [0.05, 0.1) is 0 Å². The van der Waals surface area contributed by atoms with Crippen LogP contribution in [0.3, 0.4) is 0 Å². The van der Waals surface area contributed by atoms with Crippen LogP contribution in [0.1, 0.15) is 0 Å². The quantitative estimate of drug-likeness (QED) is 0.115. The molecule has 0 aliphatic carbocycles. The van der Waals surface area contributed by atoms with Crippen LogP contribution in [-0.4, -0.2) is 0 Å². The fourth-order valence-electron chi connectivity index (χ4n) is 14.1. The second-order valence-corrected chi connectivity index (χ2v) is 21.3. The van der Waals surface area contributed by atoms with Crippen molar-refractivity contribution in [2.75, 3.05) is 0 Å². The molecule has 0 nitrogen and oxygen atoms in total. The summed E-state index contributed by atoms with van der Waals surface area (Å²) in [4.78, 5) is 0. The van der Waals surface area contributed by atoms with Crippen LogP contribution in [0.25, 0.3) is 174 Å². The first-order valence-corrected chi connectivity index (χ1v) is 27.2. The first-order valence-electron chi connectivity index (χ1n) is 27.2. The summed E-state index contributed by atoms with van der Waals surface area (Å²) in [6, 6.07) is 105. The maximum absolute atomic E-state index is 2.36. The molecule has 0 radical (unpaired) electrons. The summed E-state index contributed by atoms with van der Waals surface area (Å²) >= 11 is 0. The van der Waals surface area contributed by atoms with Crippen LogP contribution in [0, 0.1) is 0 Å². The van der Waals surface area contributed by atoms with E-state index in [1.807, 2.05) is 0 Å². The van der Waals surface area contributed by atoms with Gasteiger partial charge in [-0.3, -0.25) is 0 Å². The second-order valence-electron chi connectivity index (χ2n) is 21.3. The van der Waals surface area contributed by atoms with Gasteiger partial charge < -0.3 is 0 Å². The van der Waals surface area contributed by atoms with E-state index < -0.39 is 0 Å². The Bertz CT molecular complexity index is 4830. The zero-order chi connectivity index (χ0) is 51.0. The predicted octanol–water partition coefficient (Wildman–Crippen LogP) is 22.1. The molecule has 0 aliphatic heterocycles. The molecule has 0 saturated heterocycles. The molecule has 0 unspecified atom stereocenters. The van der Waals surface area contributed by atoms with Crippen LogP contribution in [0.2, 0.25) is 0 Å². The number of hydrogen-bond acceptors (Lipinski definition) is 0. The first-order chi connectivity index (χ1) is 38.7. The van der Waals surface area contributed by atoms with E-state index >= 15 is 0 Å². The van der Waals surface area contributed by atoms with Crippen molar-refractivity contribution in [3.63, 3.8) is 0 Å². The average Bonchev–Trinajstić information content (AvgIpc) is 3.69. The van der Waals surface area contributed by atoms with Crippen molar-refractivity contribution >= 4 is 108 Å². The van der Waals surface area contributed by atoms with E-state index in [0.29, 0.717) is 0 Å². The van der Waals surface area contributed by atoms with Gasteiger partial charge in [-0.25, -0.2) is 0 Å². The van der Waals surface area contributed by atoms with Crippen molar-refractivity contribution in [3.05, 3.63) is 279 Å². The lowest BCUT2D eigenvalue weighted by Crippen LogP contribution is -1.94. The van der Waals surface area contributed by atoms with E-state index in [1.54, 1.807) is 0 Å². The lowest BCUT2D eigenvalue weighted by Gasteiger charge is -2.21. The fraction of sp³-hybridized carbons (Fsp3) is 0. The van der Waals surface area contributed by atoms with Crippen molar-refractivity contribution < 1.29 is 0 Å². The van der Waals surface area contributed by atoms with Crippen LogP contribution < -0.4 is 0 Å². The number of benzene rings is 17. The molecular weight excluding hydrogens is 937 g/mol. The Morgan fingerprint density at radius 1 is 0.128 bits per heavy atom. The van der Waals surface area contributed by atoms with Gasteiger partial charge in [0.1, 0.15) is 0 Å². The molecule has 0 atom stereocenters. The molecule has 0 bridgehead atoms. The zero-order valence-corrected chi connectivity index (χ0v) is 42.6. The van der Waals surface area contributed by atoms with Gasteiger partial charge in [0, 0.05) is 0 Å². The first kappa shape index (κ1) is 43.1. The van der Waals surface area contributed by atoms with Gasteiger partial charge in [-0.15, -0.1) is 0 Å². The third kappa shape index (κ3) is 6.17. The Morgan fingerprint density at radius 3 is 0.718 bits per heavy atom. The fourth-order valence-corrected chi connectivity index (χ4v) is 14.1. The van der Waals surface area contributed by atoms with Crippen LogP contribution in [0.15, 0.2) is 279 Å². The van der Waals surface area contributed by atoms with Gasteiger partial charge in [0.15, 0.2) is 0 Å². The summed E-state index contributed by atoms with van der Waals surface area (Å²) in [7, 11) is 0. The molecule has 0 saturated carbocycles. The van der Waals surface area contributed by atoms with Gasteiger partial charge in [0.2, 0.25) is 0 Å². The molecule has 0 fully saturated rings. The molecule has 0 heteroatoms. The van der Waals surface area contributed by atoms with Crippen molar-refractivity contribution in [3.8, 4) is 66.8 Å². The van der Waals surface area contributed by atoms with Gasteiger partial charge in [-0.1, -0.05) is 279 Å². The highest BCUT2D eigenvalue weighted by Crippen LogP contribution is 2.51. The summed E-state index contributed by atoms with van der Waals surface area (Å²) in [5.74, 6) is 0. The van der Waals surface area contributed by atoms with Crippen molar-refractivity contribution in [1.29, 1.82) is 0 Å². The highest BCUT2D eigenvalue weighted by atomic mass is 14.3. The van der Waals surface area contributed by atoms with Crippen LogP contribution >= 0.6 is 0 Å². The summed E-state index contributed by atoms with van der Waals surface area (Å²) in [6.07, 6.45) is 0. The van der Waals surface area contributed by atoms with Crippen LogP contribution in [-0.2, 0) is 0 Å². The summed E-state index contributed by atoms with van der Waals surface area (Å²) in [5.41, 5.74) is 14.9. The lowest BCUT2D eigenvalue weighted by atomic mass is 9.81. The maximum Gasteiger partial charge on any atom is -0.00201 e. The minimum Gasteiger partial charge on any atom is -0.0616 e. The molecule has 0 aromatic heterocycles. The van der Waals surface area contributed by atoms with E-state index in [2.05, 4.69) is 279 Å². The van der Waals surface area contributed by atoms with Crippen molar-refractivity contribution in [1.82, 2.24) is 0 Å². The van der Waals surface area contributed by atoms with Gasteiger partial charge in [0.25, 0.3) is 0 Å². The van der Waals surface area contributed by atoms with E-state index in [1.165, 1.54) is 174 Å². The molecule has 0 aliphatic rings. The molecule has 0 amide bonds. The average molecular weight is 983 g/mol. The standard InChI is InChI=1S/C78H46/c1-3-21-59(55(19-1)57-43-39-53-37-31-47-15-13-17-49-41-45-69(57)75(53)71(47)49)77-65-27-9-5-23-61(65)73(62-24-6-10-28-66(62)77)51-33-35-52(36-34-51)74-63-25-7-11-29-67(63)78(68-30-12-8-26-64(68)74)60-22-4-2-20-56(60)58-44-40-54-38-32-48-16-14-18-50-42-46-70(58)76(54)72(48)50/h1-46H. The Morgan fingerprint density at radius 2 is 0.385 bits per heavy atom. The van der Waals surface area contributed by atoms with E-state index in [-0.39, 0.29) is 0 Å². The van der Waals surface area contributed by atoms with Crippen LogP contribution in [0.5, 0.6) is 0 Å². The monoisotopic (exact) mass is 982 g/mol. The third-order valence-electron chi connectivity index (χ3n) is 17.4. The number of rotatable bonds is 6. The minimum atomic E-state index is 1.20. The predicted molar refractivity (Wildman–Crippen MR) is 336 cm³/mol. The topological polar surface area (TPSA) is 0 Å². The molecule has 0 N–H and O–H groups in total. The van der Waals surface area contributed by atoms with Gasteiger partial charge in [-0.2, -0.15) is 0 Å². The molecule has 17 aromatic rings. The van der Waals surface area contributed by atoms with E-state index in [9.17, 15) is 0 Å². The molecule has 17 rings (SSSR count). The SMILES string of the molecule is c1ccc(-c2ccc3ccc4cccc5ccc2c3c45)c(-c2c3ccccc3c(-c3ccc(-c4c5ccccc5c(-c5ccccc5-c5ccc6ccc7cccc8ccc5c6c78)c5ccccc45)cc3)c3ccccc23)c1. The Hall–Kier alpha value is -10.1. The molecular formula is C78H46. The largest absolute Gasteiger partial charge is 0.0616 e. The minimum absolute atomic E-state index is 1.20. The Labute approximate surface area is 451 Å². The van der Waals surface area contributed by atoms with Gasteiger partial charge >= 0.3 is 0 Å². The number of hydrogen-bond donors (Lipinski definition) is 0. The highest BCUT2D eigenvalue weighted by Gasteiger charge is 2.24. The summed E-state index contributed by atoms with van der Waals surface area (Å²) in [6.45, 7) is 0. The molecule has 358 valence electrons.